The van der Waals surface area contributed by atoms with Gasteiger partial charge in [0.2, 0.25) is 0 Å². The van der Waals surface area contributed by atoms with Crippen molar-refractivity contribution in [2.75, 3.05) is 19.5 Å². The van der Waals surface area contributed by atoms with Crippen LogP contribution in [0.25, 0.3) is 0 Å². The zero-order chi connectivity index (χ0) is 18.8. The molecule has 3 nitrogen and oxygen atoms in total. The predicted octanol–water partition coefficient (Wildman–Crippen LogP) is 6.39. The smallest absolute Gasteiger partial charge is 0.121 e. The molecule has 0 heterocycles. The Morgan fingerprint density at radius 2 is 1.63 bits per heavy atom. The van der Waals surface area contributed by atoms with Crippen LogP contribution in [-0.4, -0.2) is 13.7 Å². The first kappa shape index (κ1) is 23.2. The van der Waals surface area contributed by atoms with E-state index >= 15 is 0 Å². The van der Waals surface area contributed by atoms with Gasteiger partial charge in [0.05, 0.1) is 13.7 Å². The highest BCUT2D eigenvalue weighted by atomic mass is 35.5. The van der Waals surface area contributed by atoms with Gasteiger partial charge >= 0.3 is 0 Å². The normalized spacial score (nSPS) is 11.5. The molecule has 0 spiro atoms. The molecule has 2 aromatic carbocycles. The van der Waals surface area contributed by atoms with E-state index in [0.29, 0.717) is 5.92 Å². The first-order chi connectivity index (χ1) is 12.7. The Morgan fingerprint density at radius 3 is 2.22 bits per heavy atom. The van der Waals surface area contributed by atoms with Gasteiger partial charge in [-0.25, -0.2) is 0 Å². The molecule has 0 amide bonds. The number of unbranched alkanes of at least 4 members (excludes halogenated alkanes) is 3. The quantitative estimate of drug-likeness (QED) is 0.356. The zero-order valence-corrected chi connectivity index (χ0v) is 17.7. The number of ether oxygens (including phenoxy) is 2. The minimum absolute atomic E-state index is 0. The lowest BCUT2D eigenvalue weighted by Crippen LogP contribution is -2.05. The van der Waals surface area contributed by atoms with E-state index in [1.165, 1.54) is 30.4 Å². The van der Waals surface area contributed by atoms with Crippen LogP contribution in [0.3, 0.4) is 0 Å². The molecule has 0 radical (unpaired) electrons. The molecule has 150 valence electrons. The van der Waals surface area contributed by atoms with Crippen molar-refractivity contribution in [1.29, 1.82) is 0 Å². The second kappa shape index (κ2) is 12.5. The van der Waals surface area contributed by atoms with E-state index in [1.807, 2.05) is 24.3 Å². The number of nitrogen functional groups attached to an aromatic ring is 1. The minimum Gasteiger partial charge on any atom is -0.497 e. The third-order valence-electron chi connectivity index (χ3n) is 4.93. The van der Waals surface area contributed by atoms with Gasteiger partial charge in [0.1, 0.15) is 11.5 Å². The molecule has 4 heteroatoms. The summed E-state index contributed by atoms with van der Waals surface area (Å²) < 4.78 is 11.1. The van der Waals surface area contributed by atoms with Crippen molar-refractivity contribution in [2.45, 2.75) is 58.3 Å². The Bertz CT molecular complexity index is 658. The Labute approximate surface area is 170 Å². The summed E-state index contributed by atoms with van der Waals surface area (Å²) in [5, 5.41) is 0. The molecule has 0 aliphatic rings. The number of halogens is 1. The molecule has 2 N–H and O–H groups in total. The Balaban J connectivity index is 0.00000364. The maximum atomic E-state index is 6.30. The third-order valence-corrected chi connectivity index (χ3v) is 4.93. The SMILES string of the molecule is CCCCCCOc1ccc(CC(CC)c2ccc(OC)cc2)c(N)c1.Cl. The van der Waals surface area contributed by atoms with Crippen molar-refractivity contribution in [3.05, 3.63) is 53.6 Å². The lowest BCUT2D eigenvalue weighted by Gasteiger charge is -2.18. The molecular formula is C23H34ClNO2. The number of methoxy groups -OCH3 is 1. The van der Waals surface area contributed by atoms with Gasteiger partial charge in [0, 0.05) is 11.8 Å². The monoisotopic (exact) mass is 391 g/mol. The van der Waals surface area contributed by atoms with Crippen molar-refractivity contribution in [1.82, 2.24) is 0 Å². The van der Waals surface area contributed by atoms with Gasteiger partial charge in [-0.1, -0.05) is 51.3 Å². The largest absolute Gasteiger partial charge is 0.497 e. The molecule has 2 aromatic rings. The van der Waals surface area contributed by atoms with E-state index in [4.69, 9.17) is 15.2 Å². The minimum atomic E-state index is 0. The Kier molecular flexibility index (Phi) is 10.7. The molecule has 2 rings (SSSR count). The van der Waals surface area contributed by atoms with Crippen LogP contribution in [0, 0.1) is 0 Å². The summed E-state index contributed by atoms with van der Waals surface area (Å²) in [4.78, 5) is 0. The Morgan fingerprint density at radius 1 is 0.926 bits per heavy atom. The zero-order valence-electron chi connectivity index (χ0n) is 16.9. The molecule has 0 saturated heterocycles. The van der Waals surface area contributed by atoms with Crippen molar-refractivity contribution in [2.24, 2.45) is 0 Å². The lowest BCUT2D eigenvalue weighted by atomic mass is 9.89. The van der Waals surface area contributed by atoms with E-state index in [9.17, 15) is 0 Å². The summed E-state index contributed by atoms with van der Waals surface area (Å²) in [6.07, 6.45) is 6.85. The third kappa shape index (κ3) is 7.34. The summed E-state index contributed by atoms with van der Waals surface area (Å²) >= 11 is 0. The molecule has 0 bridgehead atoms. The van der Waals surface area contributed by atoms with Crippen molar-refractivity contribution >= 4 is 18.1 Å². The van der Waals surface area contributed by atoms with Gasteiger partial charge in [-0.05, 0) is 54.5 Å². The average Bonchev–Trinajstić information content (AvgIpc) is 2.67. The fraction of sp³-hybridized carbons (Fsp3) is 0.478. The summed E-state index contributed by atoms with van der Waals surface area (Å²) in [7, 11) is 1.69. The number of nitrogens with two attached hydrogens (primary N) is 1. The number of anilines is 1. The fourth-order valence-electron chi connectivity index (χ4n) is 3.21. The summed E-state index contributed by atoms with van der Waals surface area (Å²) in [6.45, 7) is 5.21. The van der Waals surface area contributed by atoms with Crippen LogP contribution >= 0.6 is 12.4 Å². The first-order valence-electron chi connectivity index (χ1n) is 9.83. The lowest BCUT2D eigenvalue weighted by molar-refractivity contribution is 0.305. The second-order valence-electron chi connectivity index (χ2n) is 6.85. The van der Waals surface area contributed by atoms with E-state index in [1.54, 1.807) is 7.11 Å². The maximum absolute atomic E-state index is 6.30. The number of benzene rings is 2. The predicted molar refractivity (Wildman–Crippen MR) is 117 cm³/mol. The number of rotatable bonds is 11. The van der Waals surface area contributed by atoms with Gasteiger partial charge in [-0.15, -0.1) is 12.4 Å². The van der Waals surface area contributed by atoms with E-state index in [-0.39, 0.29) is 12.4 Å². The van der Waals surface area contributed by atoms with E-state index in [2.05, 4.69) is 32.0 Å². The molecule has 1 unspecified atom stereocenters. The summed E-state index contributed by atoms with van der Waals surface area (Å²) in [5.41, 5.74) is 9.63. The highest BCUT2D eigenvalue weighted by Gasteiger charge is 2.13. The summed E-state index contributed by atoms with van der Waals surface area (Å²) in [5.74, 6) is 2.22. The molecule has 0 aliphatic carbocycles. The van der Waals surface area contributed by atoms with E-state index < -0.39 is 0 Å². The van der Waals surface area contributed by atoms with Crippen molar-refractivity contribution < 1.29 is 9.47 Å². The number of hydrogen-bond acceptors (Lipinski definition) is 3. The van der Waals surface area contributed by atoms with Crippen LogP contribution in [0.2, 0.25) is 0 Å². The van der Waals surface area contributed by atoms with Crippen LogP contribution in [0.1, 0.15) is 63.0 Å². The topological polar surface area (TPSA) is 44.5 Å². The molecule has 1 atom stereocenters. The maximum Gasteiger partial charge on any atom is 0.121 e. The van der Waals surface area contributed by atoms with Crippen LogP contribution in [-0.2, 0) is 6.42 Å². The van der Waals surface area contributed by atoms with Gasteiger partial charge in [-0.2, -0.15) is 0 Å². The number of hydrogen-bond donors (Lipinski definition) is 1. The highest BCUT2D eigenvalue weighted by Crippen LogP contribution is 2.29. The molecule has 0 fully saturated rings. The van der Waals surface area contributed by atoms with Gasteiger partial charge in [0.25, 0.3) is 0 Å². The average molecular weight is 392 g/mol. The molecule has 27 heavy (non-hydrogen) atoms. The standard InChI is InChI=1S/C23H33NO2.ClH/c1-4-6-7-8-15-26-22-14-11-20(23(24)17-22)16-18(5-2)19-9-12-21(25-3)13-10-19;/h9-14,17-18H,4-8,15-16,24H2,1-3H3;1H. The molecule has 0 saturated carbocycles. The van der Waals surface area contributed by atoms with Gasteiger partial charge in [-0.3, -0.25) is 0 Å². The van der Waals surface area contributed by atoms with Gasteiger partial charge < -0.3 is 15.2 Å². The van der Waals surface area contributed by atoms with Crippen molar-refractivity contribution in [3.8, 4) is 11.5 Å². The molecule has 0 aliphatic heterocycles. The highest BCUT2D eigenvalue weighted by molar-refractivity contribution is 5.85. The fourth-order valence-corrected chi connectivity index (χ4v) is 3.21. The van der Waals surface area contributed by atoms with E-state index in [0.717, 1.165) is 43.1 Å². The van der Waals surface area contributed by atoms with Crippen LogP contribution in [0.5, 0.6) is 11.5 Å². The molecular weight excluding hydrogens is 358 g/mol. The van der Waals surface area contributed by atoms with Crippen LogP contribution in [0.4, 0.5) is 5.69 Å². The van der Waals surface area contributed by atoms with Crippen LogP contribution < -0.4 is 15.2 Å². The Hall–Kier alpha value is -1.87. The van der Waals surface area contributed by atoms with Crippen LogP contribution in [0.15, 0.2) is 42.5 Å². The van der Waals surface area contributed by atoms with Gasteiger partial charge in [0.15, 0.2) is 0 Å². The second-order valence-corrected chi connectivity index (χ2v) is 6.85. The summed E-state index contributed by atoms with van der Waals surface area (Å²) in [6, 6.07) is 14.5. The van der Waals surface area contributed by atoms with Crippen molar-refractivity contribution in [3.63, 3.8) is 0 Å². The first-order valence-corrected chi connectivity index (χ1v) is 9.83. The molecule has 0 aromatic heterocycles.